The van der Waals surface area contributed by atoms with Crippen molar-refractivity contribution in [3.8, 4) is 11.3 Å². The van der Waals surface area contributed by atoms with Gasteiger partial charge in [0.1, 0.15) is 12.6 Å². The second-order valence-corrected chi connectivity index (χ2v) is 5.68. The first-order valence-corrected chi connectivity index (χ1v) is 6.83. The molecule has 0 aliphatic heterocycles. The van der Waals surface area contributed by atoms with Crippen LogP contribution in [0.3, 0.4) is 0 Å². The number of nitrogens with zero attached hydrogens (tertiary/aromatic N) is 1. The van der Waals surface area contributed by atoms with E-state index in [0.717, 1.165) is 39.1 Å². The zero-order valence-corrected chi connectivity index (χ0v) is 12.9. The summed E-state index contributed by atoms with van der Waals surface area (Å²) in [5.74, 6) is 0. The molecule has 5 heteroatoms. The summed E-state index contributed by atoms with van der Waals surface area (Å²) in [7, 11) is 1.63. The summed E-state index contributed by atoms with van der Waals surface area (Å²) in [6.45, 7) is 3.90. The van der Waals surface area contributed by atoms with Crippen LogP contribution in [-0.4, -0.2) is 0 Å². The SMILES string of the molecule is Cc1cc(-c2ccc(C(F)(F)F)c[n+]2C)c(C)cc1Br. The Balaban J connectivity index is 2.57. The van der Waals surface area contributed by atoms with Gasteiger partial charge in [-0.25, -0.2) is 4.57 Å². The van der Waals surface area contributed by atoms with Crippen LogP contribution in [0.4, 0.5) is 13.2 Å². The predicted octanol–water partition coefficient (Wildman–Crippen LogP) is 4.58. The van der Waals surface area contributed by atoms with E-state index in [1.54, 1.807) is 7.05 Å². The fraction of sp³-hybridized carbons (Fsp3) is 0.267. The standard InChI is InChI=1S/C15H14BrF3N/c1-9-7-13(16)10(2)6-12(9)14-5-4-11(8-20(14)3)15(17,18)19/h4-8H,1-3H3/q+1. The molecule has 20 heavy (non-hydrogen) atoms. The maximum atomic E-state index is 12.7. The Bertz CT molecular complexity index is 663. The average molecular weight is 345 g/mol. The Morgan fingerprint density at radius 3 is 2.25 bits per heavy atom. The van der Waals surface area contributed by atoms with E-state index >= 15 is 0 Å². The molecule has 0 aliphatic carbocycles. The quantitative estimate of drug-likeness (QED) is 0.667. The third-order valence-electron chi connectivity index (χ3n) is 3.24. The summed E-state index contributed by atoms with van der Waals surface area (Å²) in [4.78, 5) is 0. The van der Waals surface area contributed by atoms with Crippen LogP contribution < -0.4 is 4.57 Å². The molecule has 0 aliphatic rings. The number of hydrogen-bond acceptors (Lipinski definition) is 0. The molecule has 1 heterocycles. The number of hydrogen-bond donors (Lipinski definition) is 0. The highest BCUT2D eigenvalue weighted by molar-refractivity contribution is 9.10. The highest BCUT2D eigenvalue weighted by Crippen LogP contribution is 2.31. The maximum absolute atomic E-state index is 12.7. The first kappa shape index (κ1) is 15.0. The minimum absolute atomic E-state index is 0.643. The number of benzene rings is 1. The topological polar surface area (TPSA) is 3.88 Å². The van der Waals surface area contributed by atoms with E-state index in [2.05, 4.69) is 15.9 Å². The lowest BCUT2D eigenvalue weighted by atomic mass is 10.0. The van der Waals surface area contributed by atoms with Gasteiger partial charge in [-0.15, -0.1) is 0 Å². The normalized spacial score (nSPS) is 11.8. The van der Waals surface area contributed by atoms with Crippen molar-refractivity contribution in [3.05, 3.63) is 51.6 Å². The molecule has 1 aromatic heterocycles. The highest BCUT2D eigenvalue weighted by Gasteiger charge is 2.33. The van der Waals surface area contributed by atoms with Crippen LogP contribution in [0.1, 0.15) is 16.7 Å². The van der Waals surface area contributed by atoms with Gasteiger partial charge in [-0.05, 0) is 43.2 Å². The minimum atomic E-state index is -4.32. The molecule has 1 aromatic carbocycles. The molecule has 2 rings (SSSR count). The van der Waals surface area contributed by atoms with E-state index in [9.17, 15) is 13.2 Å². The van der Waals surface area contributed by atoms with Crippen molar-refractivity contribution in [1.82, 2.24) is 0 Å². The molecule has 0 fully saturated rings. The number of alkyl halides is 3. The van der Waals surface area contributed by atoms with Gasteiger partial charge in [-0.1, -0.05) is 15.9 Å². The van der Waals surface area contributed by atoms with Crippen molar-refractivity contribution < 1.29 is 17.7 Å². The maximum Gasteiger partial charge on any atom is 0.422 e. The Labute approximate surface area is 124 Å². The van der Waals surface area contributed by atoms with Crippen molar-refractivity contribution in [2.45, 2.75) is 20.0 Å². The second kappa shape index (κ2) is 5.20. The summed E-state index contributed by atoms with van der Waals surface area (Å²) < 4.78 is 40.5. The molecule has 106 valence electrons. The van der Waals surface area contributed by atoms with Crippen molar-refractivity contribution in [1.29, 1.82) is 0 Å². The van der Waals surface area contributed by atoms with E-state index in [1.807, 2.05) is 26.0 Å². The smallest absolute Gasteiger partial charge is 0.200 e. The molecule has 1 nitrogen and oxygen atoms in total. The van der Waals surface area contributed by atoms with Crippen LogP contribution in [0, 0.1) is 13.8 Å². The van der Waals surface area contributed by atoms with E-state index in [0.29, 0.717) is 0 Å². The Hall–Kier alpha value is -1.36. The molecular weight excluding hydrogens is 331 g/mol. The molecule has 0 amide bonds. The first-order chi connectivity index (χ1) is 9.20. The molecular formula is C15H14BrF3N+. The lowest BCUT2D eigenvalue weighted by Gasteiger charge is -2.09. The lowest BCUT2D eigenvalue weighted by molar-refractivity contribution is -0.661. The molecule has 0 atom stereocenters. The zero-order chi connectivity index (χ0) is 15.1. The van der Waals surface area contributed by atoms with Gasteiger partial charge in [-0.2, -0.15) is 13.2 Å². The summed E-state index contributed by atoms with van der Waals surface area (Å²) in [6.07, 6.45) is -3.20. The van der Waals surface area contributed by atoms with E-state index in [-0.39, 0.29) is 0 Å². The van der Waals surface area contributed by atoms with Crippen molar-refractivity contribution in [3.63, 3.8) is 0 Å². The fourth-order valence-corrected chi connectivity index (χ4v) is 2.57. The molecule has 0 saturated heterocycles. The van der Waals surface area contributed by atoms with Gasteiger partial charge in [0.2, 0.25) is 5.69 Å². The molecule has 2 aromatic rings. The third-order valence-corrected chi connectivity index (χ3v) is 4.10. The minimum Gasteiger partial charge on any atom is -0.200 e. The van der Waals surface area contributed by atoms with Crippen LogP contribution in [0.25, 0.3) is 11.3 Å². The van der Waals surface area contributed by atoms with E-state index in [4.69, 9.17) is 0 Å². The van der Waals surface area contributed by atoms with Crippen LogP contribution >= 0.6 is 15.9 Å². The van der Waals surface area contributed by atoms with Crippen molar-refractivity contribution in [2.75, 3.05) is 0 Å². The zero-order valence-electron chi connectivity index (χ0n) is 11.3. The predicted molar refractivity (Wildman–Crippen MR) is 75.2 cm³/mol. The number of aromatic nitrogens is 1. The largest absolute Gasteiger partial charge is 0.422 e. The molecule has 0 N–H and O–H groups in total. The Morgan fingerprint density at radius 1 is 1.05 bits per heavy atom. The first-order valence-electron chi connectivity index (χ1n) is 6.04. The van der Waals surface area contributed by atoms with Gasteiger partial charge in [0.25, 0.3) is 0 Å². The molecule has 0 saturated carbocycles. The molecule has 0 radical (unpaired) electrons. The van der Waals surface area contributed by atoms with Crippen LogP contribution in [0.5, 0.6) is 0 Å². The molecule has 0 unspecified atom stereocenters. The summed E-state index contributed by atoms with van der Waals surface area (Å²) in [6, 6.07) is 6.58. The van der Waals surface area contributed by atoms with Gasteiger partial charge in [0.15, 0.2) is 6.20 Å². The van der Waals surface area contributed by atoms with Gasteiger partial charge >= 0.3 is 6.18 Å². The van der Waals surface area contributed by atoms with E-state index in [1.165, 1.54) is 10.6 Å². The number of aryl methyl sites for hydroxylation is 3. The average Bonchev–Trinajstić information content (AvgIpc) is 2.33. The third kappa shape index (κ3) is 2.87. The van der Waals surface area contributed by atoms with Crippen molar-refractivity contribution >= 4 is 15.9 Å². The Kier molecular flexibility index (Phi) is 3.91. The second-order valence-electron chi connectivity index (χ2n) is 4.83. The monoisotopic (exact) mass is 344 g/mol. The van der Waals surface area contributed by atoms with Crippen LogP contribution in [0.15, 0.2) is 34.9 Å². The highest BCUT2D eigenvalue weighted by atomic mass is 79.9. The fourth-order valence-electron chi connectivity index (χ4n) is 2.11. The number of halogens is 4. The Morgan fingerprint density at radius 2 is 1.70 bits per heavy atom. The van der Waals surface area contributed by atoms with Gasteiger partial charge in [0.05, 0.1) is 0 Å². The number of rotatable bonds is 1. The van der Waals surface area contributed by atoms with Gasteiger partial charge in [0, 0.05) is 16.1 Å². The van der Waals surface area contributed by atoms with Crippen LogP contribution in [0.2, 0.25) is 0 Å². The van der Waals surface area contributed by atoms with Gasteiger partial charge < -0.3 is 0 Å². The number of pyridine rings is 1. The molecule has 0 spiro atoms. The summed E-state index contributed by atoms with van der Waals surface area (Å²) in [5, 5.41) is 0. The summed E-state index contributed by atoms with van der Waals surface area (Å²) >= 11 is 3.45. The molecule has 0 bridgehead atoms. The van der Waals surface area contributed by atoms with E-state index < -0.39 is 11.7 Å². The van der Waals surface area contributed by atoms with Crippen LogP contribution in [-0.2, 0) is 13.2 Å². The van der Waals surface area contributed by atoms with Gasteiger partial charge in [-0.3, -0.25) is 0 Å². The van der Waals surface area contributed by atoms with Crippen molar-refractivity contribution in [2.24, 2.45) is 7.05 Å². The summed E-state index contributed by atoms with van der Waals surface area (Å²) in [5.41, 5.74) is 3.10. The lowest BCUT2D eigenvalue weighted by Crippen LogP contribution is -2.32.